The van der Waals surface area contributed by atoms with Crippen LogP contribution in [0.15, 0.2) is 12.2 Å². The van der Waals surface area contributed by atoms with Crippen molar-refractivity contribution in [3.63, 3.8) is 0 Å². The van der Waals surface area contributed by atoms with Gasteiger partial charge < -0.3 is 20.4 Å². The van der Waals surface area contributed by atoms with Crippen LogP contribution in [0.2, 0.25) is 0 Å². The van der Waals surface area contributed by atoms with E-state index >= 15 is 0 Å². The molecular weight excluding hydrogens is 328 g/mol. The third-order valence-electron chi connectivity index (χ3n) is 3.69. The van der Waals surface area contributed by atoms with Gasteiger partial charge in [-0.05, 0) is 12.0 Å². The second-order valence-corrected chi connectivity index (χ2v) is 6.89. The van der Waals surface area contributed by atoms with Crippen LogP contribution in [0.1, 0.15) is 19.3 Å². The van der Waals surface area contributed by atoms with Crippen LogP contribution in [0.5, 0.6) is 0 Å². The molecular formula is C13H16N2O7S. The molecule has 2 heterocycles. The fourth-order valence-corrected chi connectivity index (χ4v) is 4.32. The molecule has 2 saturated heterocycles. The van der Waals surface area contributed by atoms with Crippen LogP contribution in [0.4, 0.5) is 0 Å². The van der Waals surface area contributed by atoms with Crippen LogP contribution in [-0.4, -0.2) is 66.3 Å². The number of carbonyl (C=O) groups excluding carboxylic acids is 2. The first-order chi connectivity index (χ1) is 10.7. The number of β-lactam (4-membered cyclic amide) rings is 1. The number of nitrogens with zero attached hydrogens (tertiary/aromatic N) is 1. The summed E-state index contributed by atoms with van der Waals surface area (Å²) in [5.74, 6) is -3.48. The van der Waals surface area contributed by atoms with Crippen LogP contribution in [0.3, 0.4) is 0 Å². The summed E-state index contributed by atoms with van der Waals surface area (Å²) in [6.07, 6.45) is -0.132. The summed E-state index contributed by atoms with van der Waals surface area (Å²) in [7, 11) is -1.54. The second kappa shape index (κ2) is 6.49. The summed E-state index contributed by atoms with van der Waals surface area (Å²) in [5.41, 5.74) is 0.187. The molecule has 0 saturated carbocycles. The number of carboxylic acids is 2. The molecule has 10 heteroatoms. The van der Waals surface area contributed by atoms with Crippen molar-refractivity contribution >= 4 is 34.6 Å². The Hall–Kier alpha value is -2.23. The summed E-state index contributed by atoms with van der Waals surface area (Å²) in [6, 6.07) is -2.27. The van der Waals surface area contributed by atoms with Crippen molar-refractivity contribution < 1.29 is 33.6 Å². The largest absolute Gasteiger partial charge is 0.481 e. The van der Waals surface area contributed by atoms with Gasteiger partial charge >= 0.3 is 11.9 Å². The number of hydrogen-bond donors (Lipinski definition) is 3. The van der Waals surface area contributed by atoms with Crippen LogP contribution < -0.4 is 5.32 Å². The third kappa shape index (κ3) is 3.26. The van der Waals surface area contributed by atoms with E-state index in [0.717, 1.165) is 4.90 Å². The molecule has 126 valence electrons. The first kappa shape index (κ1) is 17.1. The minimum atomic E-state index is -1.54. The standard InChI is InChI=1S/C13H16N2O7S/c1-6-5-23(22)12-9(11(19)15(12)10(6)13(20)21)14-7(16)3-2-4-8(17)18/h9-10,12H,1-5H2,(H,14,16)(H,17,18)(H,20,21)/t9-,10?,12-,23?/m1/s1. The minimum Gasteiger partial charge on any atom is -0.481 e. The van der Waals surface area contributed by atoms with Crippen LogP contribution in [0.25, 0.3) is 0 Å². The van der Waals surface area contributed by atoms with E-state index in [1.807, 2.05) is 0 Å². The van der Waals surface area contributed by atoms with Gasteiger partial charge in [0.1, 0.15) is 11.4 Å². The minimum absolute atomic E-state index is 0.0448. The lowest BCUT2D eigenvalue weighted by Crippen LogP contribution is -2.77. The zero-order chi connectivity index (χ0) is 17.3. The van der Waals surface area contributed by atoms with Gasteiger partial charge in [-0.3, -0.25) is 18.6 Å². The lowest BCUT2D eigenvalue weighted by atomic mass is 9.98. The van der Waals surface area contributed by atoms with E-state index in [1.165, 1.54) is 0 Å². The lowest BCUT2D eigenvalue weighted by molar-refractivity contribution is -0.160. The second-order valence-electron chi connectivity index (χ2n) is 5.35. The molecule has 2 aliphatic rings. The highest BCUT2D eigenvalue weighted by molar-refractivity contribution is 7.86. The maximum absolute atomic E-state index is 12.1. The van der Waals surface area contributed by atoms with Gasteiger partial charge in [-0.25, -0.2) is 4.79 Å². The highest BCUT2D eigenvalue weighted by Crippen LogP contribution is 2.34. The zero-order valence-electron chi connectivity index (χ0n) is 12.1. The van der Waals surface area contributed by atoms with E-state index in [9.17, 15) is 28.5 Å². The zero-order valence-corrected chi connectivity index (χ0v) is 12.9. The van der Waals surface area contributed by atoms with Crippen molar-refractivity contribution in [3.05, 3.63) is 12.2 Å². The number of rotatable bonds is 6. The molecule has 0 spiro atoms. The van der Waals surface area contributed by atoms with Gasteiger partial charge in [0.2, 0.25) is 11.8 Å². The molecule has 2 fully saturated rings. The number of fused-ring (bicyclic) bond motifs is 1. The smallest absolute Gasteiger partial charge is 0.330 e. The molecule has 2 aliphatic heterocycles. The van der Waals surface area contributed by atoms with E-state index in [-0.39, 0.29) is 30.6 Å². The molecule has 3 N–H and O–H groups in total. The molecule has 2 unspecified atom stereocenters. The number of carboxylic acid groups (broad SMARTS) is 2. The SMILES string of the molecule is C=C1CS(=O)[C@@H]2[C@H](NC(=O)CCCC(=O)O)C(=O)N2C1C(=O)O. The Balaban J connectivity index is 2.01. The Labute approximate surface area is 133 Å². The summed E-state index contributed by atoms with van der Waals surface area (Å²) in [5, 5.41) is 19.2. The average molecular weight is 344 g/mol. The monoisotopic (exact) mass is 344 g/mol. The topological polar surface area (TPSA) is 141 Å². The highest BCUT2D eigenvalue weighted by Gasteiger charge is 2.58. The molecule has 0 bridgehead atoms. The molecule has 4 atom stereocenters. The van der Waals surface area contributed by atoms with Gasteiger partial charge in [-0.1, -0.05) is 6.58 Å². The highest BCUT2D eigenvalue weighted by atomic mass is 32.2. The van der Waals surface area contributed by atoms with Crippen LogP contribution >= 0.6 is 0 Å². The van der Waals surface area contributed by atoms with Gasteiger partial charge in [0.25, 0.3) is 0 Å². The van der Waals surface area contributed by atoms with E-state index in [0.29, 0.717) is 0 Å². The first-order valence-corrected chi connectivity index (χ1v) is 8.23. The summed E-state index contributed by atoms with van der Waals surface area (Å²) >= 11 is 0. The Morgan fingerprint density at radius 3 is 2.52 bits per heavy atom. The fraction of sp³-hybridized carbons (Fsp3) is 0.538. The van der Waals surface area contributed by atoms with E-state index in [4.69, 9.17) is 5.11 Å². The van der Waals surface area contributed by atoms with Crippen molar-refractivity contribution in [1.82, 2.24) is 10.2 Å². The molecule has 23 heavy (non-hydrogen) atoms. The Morgan fingerprint density at radius 2 is 1.96 bits per heavy atom. The Bertz CT molecular complexity index is 617. The van der Waals surface area contributed by atoms with Crippen molar-refractivity contribution in [2.75, 3.05) is 5.75 Å². The van der Waals surface area contributed by atoms with Gasteiger partial charge in [0.05, 0.1) is 10.8 Å². The maximum atomic E-state index is 12.1. The van der Waals surface area contributed by atoms with Crippen molar-refractivity contribution in [2.45, 2.75) is 36.7 Å². The number of aliphatic carboxylic acids is 2. The van der Waals surface area contributed by atoms with Crippen molar-refractivity contribution in [3.8, 4) is 0 Å². The van der Waals surface area contributed by atoms with Crippen molar-refractivity contribution in [2.24, 2.45) is 0 Å². The van der Waals surface area contributed by atoms with Crippen LogP contribution in [0, 0.1) is 0 Å². The van der Waals surface area contributed by atoms with Gasteiger partial charge in [0, 0.05) is 18.6 Å². The molecule has 0 aromatic carbocycles. The lowest BCUT2D eigenvalue weighted by Gasteiger charge is -2.52. The average Bonchev–Trinajstić information content (AvgIpc) is 2.43. The molecule has 0 aliphatic carbocycles. The van der Waals surface area contributed by atoms with Gasteiger partial charge in [0.15, 0.2) is 6.04 Å². The fourth-order valence-electron chi connectivity index (χ4n) is 2.66. The third-order valence-corrected chi connectivity index (χ3v) is 5.38. The van der Waals surface area contributed by atoms with Gasteiger partial charge in [-0.15, -0.1) is 0 Å². The summed E-state index contributed by atoms with van der Waals surface area (Å²) in [4.78, 5) is 46.4. The van der Waals surface area contributed by atoms with Gasteiger partial charge in [-0.2, -0.15) is 0 Å². The van der Waals surface area contributed by atoms with Crippen LogP contribution in [-0.2, 0) is 30.0 Å². The molecule has 2 rings (SSSR count). The Morgan fingerprint density at radius 1 is 1.30 bits per heavy atom. The molecule has 0 aromatic heterocycles. The molecule has 0 aromatic rings. The summed E-state index contributed by atoms with van der Waals surface area (Å²) in [6.45, 7) is 3.55. The summed E-state index contributed by atoms with van der Waals surface area (Å²) < 4.78 is 12.1. The first-order valence-electron chi connectivity index (χ1n) is 6.85. The number of carbonyl (C=O) groups is 4. The predicted molar refractivity (Wildman–Crippen MR) is 77.6 cm³/mol. The van der Waals surface area contributed by atoms with E-state index in [1.54, 1.807) is 0 Å². The quantitative estimate of drug-likeness (QED) is 0.400. The Kier molecular flexibility index (Phi) is 4.83. The van der Waals surface area contributed by atoms with Crippen molar-refractivity contribution in [1.29, 1.82) is 0 Å². The normalized spacial score (nSPS) is 29.5. The molecule has 0 radical (unpaired) electrons. The number of hydrogen-bond acceptors (Lipinski definition) is 5. The number of nitrogens with one attached hydrogen (secondary N) is 1. The molecule has 9 nitrogen and oxygen atoms in total. The maximum Gasteiger partial charge on any atom is 0.330 e. The van der Waals surface area contributed by atoms with E-state index in [2.05, 4.69) is 11.9 Å². The van der Waals surface area contributed by atoms with E-state index < -0.39 is 52.0 Å². The number of amides is 2. The molecule has 2 amide bonds. The predicted octanol–water partition coefficient (Wildman–Crippen LogP) is -1.33.